The largest absolute Gasteiger partial charge is 0.486 e. The fraction of sp³-hybridized carbons (Fsp3) is 0.462. The third-order valence-electron chi connectivity index (χ3n) is 3.58. The van der Waals surface area contributed by atoms with Gasteiger partial charge in [-0.1, -0.05) is 19.1 Å². The van der Waals surface area contributed by atoms with Crippen LogP contribution in [0.2, 0.25) is 0 Å². The van der Waals surface area contributed by atoms with Crippen molar-refractivity contribution in [2.24, 2.45) is 5.92 Å². The number of hydrogen-bond acceptors (Lipinski definition) is 3. The first-order valence-electron chi connectivity index (χ1n) is 5.84. The Bertz CT molecular complexity index is 430. The van der Waals surface area contributed by atoms with Crippen molar-refractivity contribution in [1.29, 1.82) is 0 Å². The summed E-state index contributed by atoms with van der Waals surface area (Å²) in [4.78, 5) is 11.8. The van der Waals surface area contributed by atoms with Crippen molar-refractivity contribution < 1.29 is 9.53 Å². The van der Waals surface area contributed by atoms with E-state index in [0.29, 0.717) is 12.2 Å². The van der Waals surface area contributed by atoms with Gasteiger partial charge >= 0.3 is 0 Å². The van der Waals surface area contributed by atoms with Crippen molar-refractivity contribution in [3.05, 3.63) is 24.3 Å². The Kier molecular flexibility index (Phi) is 2.13. The van der Waals surface area contributed by atoms with Gasteiger partial charge in [-0.3, -0.25) is 4.79 Å². The lowest BCUT2D eigenvalue weighted by Gasteiger charge is -2.32. The minimum absolute atomic E-state index is 0.0207. The van der Waals surface area contributed by atoms with Crippen LogP contribution >= 0.6 is 0 Å². The average molecular weight is 217 g/mol. The number of para-hydroxylation sites is 2. The van der Waals surface area contributed by atoms with Crippen LogP contribution in [0.25, 0.3) is 0 Å². The second-order valence-corrected chi connectivity index (χ2v) is 4.51. The number of carbonyl (C=O) groups excluding carboxylic acids is 1. The van der Waals surface area contributed by atoms with Gasteiger partial charge in [0, 0.05) is 12.3 Å². The van der Waals surface area contributed by atoms with Crippen LogP contribution in [-0.4, -0.2) is 17.9 Å². The number of rotatable bonds is 1. The molecule has 2 aliphatic rings. The topological polar surface area (TPSA) is 38.3 Å². The van der Waals surface area contributed by atoms with E-state index in [2.05, 4.69) is 12.2 Å². The van der Waals surface area contributed by atoms with E-state index >= 15 is 0 Å². The molecular formula is C13H15NO2. The number of benzene rings is 1. The van der Waals surface area contributed by atoms with Gasteiger partial charge in [-0.15, -0.1) is 0 Å². The molecule has 1 N–H and O–H groups in total. The summed E-state index contributed by atoms with van der Waals surface area (Å²) >= 11 is 0. The molecule has 1 heterocycles. The maximum atomic E-state index is 11.8. The van der Waals surface area contributed by atoms with Crippen LogP contribution in [0.4, 0.5) is 5.69 Å². The minimum Gasteiger partial charge on any atom is -0.486 e. The number of hydrogen-bond donors (Lipinski definition) is 1. The van der Waals surface area contributed by atoms with Gasteiger partial charge in [0.05, 0.1) is 11.7 Å². The second kappa shape index (κ2) is 3.51. The highest BCUT2D eigenvalue weighted by molar-refractivity contribution is 5.86. The third-order valence-corrected chi connectivity index (χ3v) is 3.58. The molecule has 1 aliphatic heterocycles. The van der Waals surface area contributed by atoms with Crippen LogP contribution in [0.15, 0.2) is 24.3 Å². The summed E-state index contributed by atoms with van der Waals surface area (Å²) in [6.45, 7) is 2.06. The number of nitrogens with one attached hydrogen (secondary N) is 1. The minimum atomic E-state index is 0.0207. The molecule has 3 rings (SSSR count). The summed E-state index contributed by atoms with van der Waals surface area (Å²) in [5, 5.41) is 3.44. The Hall–Kier alpha value is -1.51. The Balaban J connectivity index is 1.94. The molecule has 1 fully saturated rings. The number of ketones is 1. The normalized spacial score (nSPS) is 31.3. The van der Waals surface area contributed by atoms with Crippen LogP contribution < -0.4 is 10.1 Å². The average Bonchev–Trinajstić information content (AvgIpc) is 2.60. The number of anilines is 1. The molecule has 0 saturated heterocycles. The van der Waals surface area contributed by atoms with E-state index < -0.39 is 0 Å². The van der Waals surface area contributed by atoms with Gasteiger partial charge < -0.3 is 10.1 Å². The smallest absolute Gasteiger partial charge is 0.142 e. The van der Waals surface area contributed by atoms with Crippen LogP contribution in [-0.2, 0) is 4.79 Å². The molecule has 1 aromatic carbocycles. The van der Waals surface area contributed by atoms with Gasteiger partial charge in [0.2, 0.25) is 0 Å². The molecule has 1 aromatic rings. The molecule has 0 aromatic heterocycles. The first kappa shape index (κ1) is 9.70. The van der Waals surface area contributed by atoms with Crippen LogP contribution in [0, 0.1) is 5.92 Å². The number of Topliss-reactive ketones (excluding diaryl/α,β-unsaturated/α-hetero) is 1. The highest BCUT2D eigenvalue weighted by Gasteiger charge is 2.45. The standard InChI is InChI=1S/C13H15NO2/c1-2-8-10(15)7-12-13(8)14-9-5-3-4-6-11(9)16-12/h3-6,8,12-14H,2,7H2,1H3/t8-,12-,13+/m1/s1. The van der Waals surface area contributed by atoms with E-state index in [9.17, 15) is 4.79 Å². The summed E-state index contributed by atoms with van der Waals surface area (Å²) in [5.41, 5.74) is 1.01. The van der Waals surface area contributed by atoms with Crippen molar-refractivity contribution >= 4 is 11.5 Å². The molecule has 3 heteroatoms. The first-order chi connectivity index (χ1) is 7.79. The molecule has 0 amide bonds. The fourth-order valence-corrected chi connectivity index (χ4v) is 2.76. The van der Waals surface area contributed by atoms with Crippen LogP contribution in [0.3, 0.4) is 0 Å². The van der Waals surface area contributed by atoms with Crippen molar-refractivity contribution in [2.45, 2.75) is 31.9 Å². The van der Waals surface area contributed by atoms with Crippen molar-refractivity contribution in [3.8, 4) is 5.75 Å². The Morgan fingerprint density at radius 2 is 2.25 bits per heavy atom. The molecule has 1 aliphatic carbocycles. The molecule has 3 atom stereocenters. The maximum Gasteiger partial charge on any atom is 0.142 e. The predicted molar refractivity (Wildman–Crippen MR) is 61.7 cm³/mol. The van der Waals surface area contributed by atoms with E-state index in [0.717, 1.165) is 17.9 Å². The first-order valence-corrected chi connectivity index (χ1v) is 5.84. The summed E-state index contributed by atoms with van der Waals surface area (Å²) < 4.78 is 5.88. The summed E-state index contributed by atoms with van der Waals surface area (Å²) in [6.07, 6.45) is 1.45. The number of fused-ring (bicyclic) bond motifs is 2. The van der Waals surface area contributed by atoms with E-state index in [1.165, 1.54) is 0 Å². The predicted octanol–water partition coefficient (Wildman–Crippen LogP) is 2.23. The molecule has 84 valence electrons. The lowest BCUT2D eigenvalue weighted by molar-refractivity contribution is -0.121. The second-order valence-electron chi connectivity index (χ2n) is 4.51. The molecule has 3 nitrogen and oxygen atoms in total. The molecule has 0 spiro atoms. The molecule has 16 heavy (non-hydrogen) atoms. The van der Waals surface area contributed by atoms with Crippen molar-refractivity contribution in [2.75, 3.05) is 5.32 Å². The van der Waals surface area contributed by atoms with Crippen LogP contribution in [0.1, 0.15) is 19.8 Å². The molecule has 0 bridgehead atoms. The van der Waals surface area contributed by atoms with E-state index in [1.54, 1.807) is 0 Å². The lowest BCUT2D eigenvalue weighted by Crippen LogP contribution is -2.40. The summed E-state index contributed by atoms with van der Waals surface area (Å²) in [6, 6.07) is 8.04. The van der Waals surface area contributed by atoms with Gasteiger partial charge in [0.1, 0.15) is 17.6 Å². The quantitative estimate of drug-likeness (QED) is 0.784. The third kappa shape index (κ3) is 1.31. The van der Waals surface area contributed by atoms with Crippen molar-refractivity contribution in [1.82, 2.24) is 0 Å². The summed E-state index contributed by atoms with van der Waals surface area (Å²) in [5.74, 6) is 1.31. The zero-order chi connectivity index (χ0) is 11.1. The Morgan fingerprint density at radius 3 is 3.06 bits per heavy atom. The van der Waals surface area contributed by atoms with Gasteiger partial charge in [-0.2, -0.15) is 0 Å². The Labute approximate surface area is 94.8 Å². The van der Waals surface area contributed by atoms with Gasteiger partial charge in [0.25, 0.3) is 0 Å². The molecular weight excluding hydrogens is 202 g/mol. The molecule has 0 radical (unpaired) electrons. The van der Waals surface area contributed by atoms with E-state index in [1.807, 2.05) is 24.3 Å². The molecule has 1 saturated carbocycles. The highest BCUT2D eigenvalue weighted by Crippen LogP contribution is 2.39. The highest BCUT2D eigenvalue weighted by atomic mass is 16.5. The van der Waals surface area contributed by atoms with Gasteiger partial charge in [-0.05, 0) is 18.6 Å². The SMILES string of the molecule is CC[C@@H]1C(=O)C[C@H]2Oc3ccccc3N[C@@H]12. The van der Waals surface area contributed by atoms with Crippen molar-refractivity contribution in [3.63, 3.8) is 0 Å². The van der Waals surface area contributed by atoms with E-state index in [4.69, 9.17) is 4.74 Å². The maximum absolute atomic E-state index is 11.8. The zero-order valence-electron chi connectivity index (χ0n) is 9.27. The number of ether oxygens (including phenoxy) is 1. The van der Waals surface area contributed by atoms with Crippen LogP contribution in [0.5, 0.6) is 5.75 Å². The lowest BCUT2D eigenvalue weighted by atomic mass is 9.98. The Morgan fingerprint density at radius 1 is 1.44 bits per heavy atom. The fourth-order valence-electron chi connectivity index (χ4n) is 2.76. The van der Waals surface area contributed by atoms with Gasteiger partial charge in [0.15, 0.2) is 0 Å². The number of carbonyl (C=O) groups is 1. The van der Waals surface area contributed by atoms with Gasteiger partial charge in [-0.25, -0.2) is 0 Å². The summed E-state index contributed by atoms with van der Waals surface area (Å²) in [7, 11) is 0. The van der Waals surface area contributed by atoms with E-state index in [-0.39, 0.29) is 18.1 Å². The molecule has 0 unspecified atom stereocenters. The zero-order valence-corrected chi connectivity index (χ0v) is 9.27. The monoisotopic (exact) mass is 217 g/mol.